The summed E-state index contributed by atoms with van der Waals surface area (Å²) in [7, 11) is 1.52. The van der Waals surface area contributed by atoms with Gasteiger partial charge in [0.25, 0.3) is 5.91 Å². The summed E-state index contributed by atoms with van der Waals surface area (Å²) in [5.74, 6) is -0.227. The number of hydrogen-bond donors (Lipinski definition) is 2. The zero-order valence-corrected chi connectivity index (χ0v) is 17.5. The summed E-state index contributed by atoms with van der Waals surface area (Å²) in [5.41, 5.74) is 8.37. The van der Waals surface area contributed by atoms with Gasteiger partial charge in [0, 0.05) is 28.6 Å². The highest BCUT2D eigenvalue weighted by Gasteiger charge is 2.13. The van der Waals surface area contributed by atoms with E-state index in [9.17, 15) is 9.18 Å². The third kappa shape index (κ3) is 4.03. The molecule has 1 radical (unpaired) electrons. The fourth-order valence-electron chi connectivity index (χ4n) is 3.61. The topological polar surface area (TPSA) is 108 Å². The summed E-state index contributed by atoms with van der Waals surface area (Å²) in [6, 6.07) is 18.5. The summed E-state index contributed by atoms with van der Waals surface area (Å²) >= 11 is 0. The fourth-order valence-corrected chi connectivity index (χ4v) is 3.61. The summed E-state index contributed by atoms with van der Waals surface area (Å²) in [4.78, 5) is 20.3. The van der Waals surface area contributed by atoms with E-state index in [-0.39, 0.29) is 11.6 Å². The minimum absolute atomic E-state index is 0.109. The Morgan fingerprint density at radius 2 is 2.09 bits per heavy atom. The van der Waals surface area contributed by atoms with Crippen LogP contribution in [0, 0.1) is 11.9 Å². The van der Waals surface area contributed by atoms with Gasteiger partial charge in [-0.2, -0.15) is 5.10 Å². The van der Waals surface area contributed by atoms with E-state index in [0.29, 0.717) is 29.0 Å². The van der Waals surface area contributed by atoms with E-state index in [1.807, 2.05) is 24.3 Å². The van der Waals surface area contributed by atoms with Crippen LogP contribution in [0.25, 0.3) is 21.8 Å². The first-order chi connectivity index (χ1) is 16.0. The van der Waals surface area contributed by atoms with Gasteiger partial charge in [0.1, 0.15) is 17.4 Å². The normalized spacial score (nSPS) is 11.1. The number of halogens is 1. The zero-order chi connectivity index (χ0) is 22.9. The number of methoxy groups -OCH3 is 1. The maximum atomic E-state index is 13.5. The van der Waals surface area contributed by atoms with E-state index in [0.717, 1.165) is 22.2 Å². The Bertz CT molecular complexity index is 1510. The maximum absolute atomic E-state index is 13.5. The monoisotopic (exact) mass is 441 g/mol. The van der Waals surface area contributed by atoms with Gasteiger partial charge in [0.15, 0.2) is 0 Å². The molecule has 9 heteroatoms. The third-order valence-electron chi connectivity index (χ3n) is 5.17. The van der Waals surface area contributed by atoms with Gasteiger partial charge >= 0.3 is 0 Å². The molecule has 163 valence electrons. The summed E-state index contributed by atoms with van der Waals surface area (Å²) in [6.45, 7) is 0.449. The van der Waals surface area contributed by atoms with Gasteiger partial charge in [-0.05, 0) is 42.0 Å². The van der Waals surface area contributed by atoms with E-state index in [4.69, 9.17) is 10.5 Å². The zero-order valence-electron chi connectivity index (χ0n) is 17.5. The molecular formula is C24H18FN6O2. The van der Waals surface area contributed by atoms with Crippen molar-refractivity contribution in [3.63, 3.8) is 0 Å². The molecule has 0 aliphatic rings. The number of carbonyl (C=O) groups is 1. The molecule has 33 heavy (non-hydrogen) atoms. The first kappa shape index (κ1) is 20.4. The summed E-state index contributed by atoms with van der Waals surface area (Å²) in [5, 5.41) is 9.21. The van der Waals surface area contributed by atoms with Crippen LogP contribution in [0.3, 0.4) is 0 Å². The Hall–Kier alpha value is -4.53. The molecule has 3 aromatic carbocycles. The Kier molecular flexibility index (Phi) is 5.06. The number of aromatic nitrogens is 4. The van der Waals surface area contributed by atoms with Crippen molar-refractivity contribution in [2.24, 2.45) is 5.73 Å². The number of carbonyl (C=O) groups excluding carboxylic acids is 1. The predicted octanol–water partition coefficient (Wildman–Crippen LogP) is 3.82. The van der Waals surface area contributed by atoms with Crippen LogP contribution in [0.1, 0.15) is 16.2 Å². The fraction of sp³-hybridized carbons (Fsp3) is 0.0833. The second kappa shape index (κ2) is 8.19. The number of fused-ring (bicyclic) bond motifs is 2. The maximum Gasteiger partial charge on any atom is 0.286 e. The van der Waals surface area contributed by atoms with Gasteiger partial charge < -0.3 is 15.8 Å². The standard InChI is InChI=1S/C24H18FN6O2/c1-33-18-6-7-19-20(11-18)29-24(22(26)32)30-23(19)28-17-5-8-21-15(10-17)12-27-31(21)13-14-3-2-4-16(25)9-14/h2-5,7-12H,13H2,1H3,(H2,26,32)(H,28,29,30). The number of amides is 1. The summed E-state index contributed by atoms with van der Waals surface area (Å²) < 4.78 is 20.5. The molecule has 0 unspecified atom stereocenters. The van der Waals surface area contributed by atoms with Crippen molar-refractivity contribution < 1.29 is 13.9 Å². The van der Waals surface area contributed by atoms with Crippen LogP contribution >= 0.6 is 0 Å². The van der Waals surface area contributed by atoms with E-state index >= 15 is 0 Å². The Morgan fingerprint density at radius 1 is 1.21 bits per heavy atom. The van der Waals surface area contributed by atoms with Crippen molar-refractivity contribution in [3.05, 3.63) is 84.1 Å². The average molecular weight is 441 g/mol. The second-order valence-corrected chi connectivity index (χ2v) is 7.39. The smallest absolute Gasteiger partial charge is 0.286 e. The number of nitrogens with two attached hydrogens (primary N) is 1. The van der Waals surface area contributed by atoms with E-state index < -0.39 is 5.91 Å². The van der Waals surface area contributed by atoms with Gasteiger partial charge in [0.2, 0.25) is 5.82 Å². The molecule has 0 aliphatic heterocycles. The van der Waals surface area contributed by atoms with Crippen molar-refractivity contribution in [2.75, 3.05) is 12.4 Å². The molecule has 0 atom stereocenters. The molecular weight excluding hydrogens is 423 g/mol. The molecule has 3 N–H and O–H groups in total. The average Bonchev–Trinajstić information content (AvgIpc) is 3.20. The minimum atomic E-state index is -0.735. The highest BCUT2D eigenvalue weighted by Crippen LogP contribution is 2.28. The molecule has 1 amide bonds. The minimum Gasteiger partial charge on any atom is -0.496 e. The lowest BCUT2D eigenvalue weighted by molar-refractivity contribution is 0.0991. The number of hydrogen-bond acceptors (Lipinski definition) is 6. The highest BCUT2D eigenvalue weighted by molar-refractivity contribution is 5.97. The van der Waals surface area contributed by atoms with Crippen LogP contribution in [0.4, 0.5) is 15.9 Å². The van der Waals surface area contributed by atoms with Crippen LogP contribution < -0.4 is 15.8 Å². The van der Waals surface area contributed by atoms with Gasteiger partial charge in [-0.3, -0.25) is 9.48 Å². The Morgan fingerprint density at radius 3 is 2.88 bits per heavy atom. The predicted molar refractivity (Wildman–Crippen MR) is 122 cm³/mol. The molecule has 8 nitrogen and oxygen atoms in total. The van der Waals surface area contributed by atoms with Crippen LogP contribution in [0.2, 0.25) is 0 Å². The lowest BCUT2D eigenvalue weighted by Gasteiger charge is -2.11. The Balaban J connectivity index is 1.49. The summed E-state index contributed by atoms with van der Waals surface area (Å²) in [6.07, 6.45) is 1.74. The van der Waals surface area contributed by atoms with E-state index in [2.05, 4.69) is 26.4 Å². The van der Waals surface area contributed by atoms with Crippen LogP contribution in [0.15, 0.2) is 60.8 Å². The molecule has 0 saturated carbocycles. The highest BCUT2D eigenvalue weighted by atomic mass is 19.1. The van der Waals surface area contributed by atoms with Gasteiger partial charge in [-0.25, -0.2) is 14.4 Å². The number of primary amides is 1. The van der Waals surface area contributed by atoms with Crippen molar-refractivity contribution in [1.29, 1.82) is 0 Å². The molecule has 2 heterocycles. The molecule has 0 spiro atoms. The molecule has 0 aliphatic carbocycles. The SMILES string of the molecule is COc1[c]cc2c(Nc3ccc4c(cnn4Cc4cccc(F)c4)c3)nc(C(N)=O)nc2c1. The van der Waals surface area contributed by atoms with Crippen molar-refractivity contribution in [1.82, 2.24) is 19.7 Å². The Labute approximate surface area is 187 Å². The number of rotatable bonds is 6. The number of nitrogens with one attached hydrogen (secondary N) is 1. The first-order valence-electron chi connectivity index (χ1n) is 10.0. The van der Waals surface area contributed by atoms with Crippen molar-refractivity contribution >= 4 is 39.2 Å². The van der Waals surface area contributed by atoms with Crippen LogP contribution in [-0.2, 0) is 6.54 Å². The molecule has 5 aromatic rings. The van der Waals surface area contributed by atoms with Gasteiger partial charge in [-0.15, -0.1) is 0 Å². The van der Waals surface area contributed by atoms with Crippen LogP contribution in [0.5, 0.6) is 5.75 Å². The molecule has 2 aromatic heterocycles. The van der Waals surface area contributed by atoms with E-state index in [1.165, 1.54) is 19.2 Å². The van der Waals surface area contributed by atoms with Crippen molar-refractivity contribution in [2.45, 2.75) is 6.54 Å². The largest absolute Gasteiger partial charge is 0.496 e. The lowest BCUT2D eigenvalue weighted by atomic mass is 10.2. The van der Waals surface area contributed by atoms with E-state index in [1.54, 1.807) is 29.1 Å². The van der Waals surface area contributed by atoms with Crippen LogP contribution in [-0.4, -0.2) is 32.8 Å². The molecule has 0 saturated heterocycles. The number of nitrogens with zero attached hydrogens (tertiary/aromatic N) is 4. The third-order valence-corrected chi connectivity index (χ3v) is 5.17. The lowest BCUT2D eigenvalue weighted by Crippen LogP contribution is -2.16. The molecule has 0 bridgehead atoms. The molecule has 5 rings (SSSR count). The number of ether oxygens (including phenoxy) is 1. The van der Waals surface area contributed by atoms with Gasteiger partial charge in [0.05, 0.1) is 30.9 Å². The second-order valence-electron chi connectivity index (χ2n) is 7.39. The number of benzene rings is 3. The first-order valence-corrected chi connectivity index (χ1v) is 10.0. The van der Waals surface area contributed by atoms with Gasteiger partial charge in [-0.1, -0.05) is 12.1 Å². The van der Waals surface area contributed by atoms with Crippen molar-refractivity contribution in [3.8, 4) is 5.75 Å². The molecule has 0 fully saturated rings. The quantitative estimate of drug-likeness (QED) is 0.415. The number of anilines is 2.